The monoisotopic (exact) mass is 481 g/mol. The standard InChI is InChI=1S/C27H20BrN3O/c28-24-17-10-18-25(19-24)30-20-29-31(26(30)32)27(21-11-4-1-5-12-21,22-13-6-2-7-14-22)23-15-8-3-9-16-23/h1-20H. The molecule has 0 radical (unpaired) electrons. The van der Waals surface area contributed by atoms with E-state index in [-0.39, 0.29) is 5.69 Å². The van der Waals surface area contributed by atoms with Gasteiger partial charge in [-0.25, -0.2) is 9.36 Å². The van der Waals surface area contributed by atoms with Gasteiger partial charge in [-0.3, -0.25) is 0 Å². The summed E-state index contributed by atoms with van der Waals surface area (Å²) >= 11 is 3.50. The number of halogens is 1. The van der Waals surface area contributed by atoms with E-state index in [4.69, 9.17) is 0 Å². The van der Waals surface area contributed by atoms with Gasteiger partial charge in [-0.1, -0.05) is 113 Å². The molecule has 0 saturated carbocycles. The summed E-state index contributed by atoms with van der Waals surface area (Å²) in [6.07, 6.45) is 1.59. The molecule has 5 heteroatoms. The molecule has 156 valence electrons. The van der Waals surface area contributed by atoms with E-state index in [0.717, 1.165) is 26.9 Å². The van der Waals surface area contributed by atoms with Crippen molar-refractivity contribution in [2.45, 2.75) is 5.54 Å². The van der Waals surface area contributed by atoms with Crippen LogP contribution in [-0.4, -0.2) is 14.3 Å². The molecule has 0 unspecified atom stereocenters. The summed E-state index contributed by atoms with van der Waals surface area (Å²) in [7, 11) is 0. The minimum atomic E-state index is -0.932. The number of hydrogen-bond donors (Lipinski definition) is 0. The van der Waals surface area contributed by atoms with Crippen LogP contribution in [0.15, 0.2) is 131 Å². The molecule has 5 rings (SSSR count). The van der Waals surface area contributed by atoms with Gasteiger partial charge in [-0.05, 0) is 34.9 Å². The Bertz CT molecular complexity index is 1300. The third-order valence-electron chi connectivity index (χ3n) is 5.65. The number of hydrogen-bond acceptors (Lipinski definition) is 2. The van der Waals surface area contributed by atoms with Crippen LogP contribution in [0.2, 0.25) is 0 Å². The molecule has 0 amide bonds. The summed E-state index contributed by atoms with van der Waals surface area (Å²) in [5.74, 6) is 0. The first-order chi connectivity index (χ1) is 15.7. The highest BCUT2D eigenvalue weighted by Gasteiger charge is 2.41. The van der Waals surface area contributed by atoms with Crippen LogP contribution in [0.1, 0.15) is 16.7 Å². The van der Waals surface area contributed by atoms with Crippen LogP contribution in [0.4, 0.5) is 0 Å². The fraction of sp³-hybridized carbons (Fsp3) is 0.0370. The van der Waals surface area contributed by atoms with Crippen molar-refractivity contribution < 1.29 is 0 Å². The average molecular weight is 482 g/mol. The average Bonchev–Trinajstić information content (AvgIpc) is 3.23. The minimum Gasteiger partial charge on any atom is -0.250 e. The van der Waals surface area contributed by atoms with Crippen molar-refractivity contribution in [1.29, 1.82) is 0 Å². The maximum absolute atomic E-state index is 13.9. The molecule has 0 saturated heterocycles. The van der Waals surface area contributed by atoms with E-state index in [1.165, 1.54) is 0 Å². The molecule has 4 aromatic carbocycles. The van der Waals surface area contributed by atoms with Crippen LogP contribution in [0.5, 0.6) is 0 Å². The van der Waals surface area contributed by atoms with Gasteiger partial charge in [-0.15, -0.1) is 0 Å². The lowest BCUT2D eigenvalue weighted by Crippen LogP contribution is -2.45. The fourth-order valence-electron chi connectivity index (χ4n) is 4.24. The van der Waals surface area contributed by atoms with Gasteiger partial charge in [-0.2, -0.15) is 9.78 Å². The molecule has 1 heterocycles. The fourth-order valence-corrected chi connectivity index (χ4v) is 4.63. The third-order valence-corrected chi connectivity index (χ3v) is 6.14. The molecule has 0 spiro atoms. The Labute approximate surface area is 194 Å². The molecule has 1 aromatic heterocycles. The van der Waals surface area contributed by atoms with Crippen molar-refractivity contribution in [2.75, 3.05) is 0 Å². The van der Waals surface area contributed by atoms with E-state index in [1.807, 2.05) is 115 Å². The van der Waals surface area contributed by atoms with E-state index in [0.29, 0.717) is 0 Å². The molecule has 0 atom stereocenters. The van der Waals surface area contributed by atoms with Crippen LogP contribution in [-0.2, 0) is 5.54 Å². The van der Waals surface area contributed by atoms with E-state index in [1.54, 1.807) is 15.6 Å². The van der Waals surface area contributed by atoms with Crippen molar-refractivity contribution in [1.82, 2.24) is 14.3 Å². The first-order valence-corrected chi connectivity index (χ1v) is 11.1. The minimum absolute atomic E-state index is 0.223. The van der Waals surface area contributed by atoms with Crippen LogP contribution in [0.3, 0.4) is 0 Å². The van der Waals surface area contributed by atoms with Gasteiger partial charge < -0.3 is 0 Å². The van der Waals surface area contributed by atoms with Crippen LogP contribution >= 0.6 is 15.9 Å². The Morgan fingerprint density at radius 2 is 1.16 bits per heavy atom. The lowest BCUT2D eigenvalue weighted by molar-refractivity contribution is 0.442. The molecular weight excluding hydrogens is 462 g/mol. The zero-order valence-electron chi connectivity index (χ0n) is 17.2. The normalized spacial score (nSPS) is 11.4. The summed E-state index contributed by atoms with van der Waals surface area (Å²) in [6.45, 7) is 0. The first-order valence-electron chi connectivity index (χ1n) is 10.3. The van der Waals surface area contributed by atoms with Gasteiger partial charge in [0.25, 0.3) is 0 Å². The van der Waals surface area contributed by atoms with Gasteiger partial charge in [0.15, 0.2) is 0 Å². The molecular formula is C27H20BrN3O. The predicted octanol–water partition coefficient (Wildman–Crippen LogP) is 5.64. The molecule has 5 aromatic rings. The summed E-state index contributed by atoms with van der Waals surface area (Å²) in [5.41, 5.74) is 2.47. The number of rotatable bonds is 5. The summed E-state index contributed by atoms with van der Waals surface area (Å²) in [6, 6.07) is 37.8. The second kappa shape index (κ2) is 8.44. The first kappa shape index (κ1) is 20.2. The highest BCUT2D eigenvalue weighted by molar-refractivity contribution is 9.10. The third kappa shape index (κ3) is 3.31. The zero-order chi connectivity index (χ0) is 22.0. The van der Waals surface area contributed by atoms with Gasteiger partial charge in [0.2, 0.25) is 0 Å². The van der Waals surface area contributed by atoms with E-state index in [9.17, 15) is 4.79 Å². The van der Waals surface area contributed by atoms with E-state index >= 15 is 0 Å². The number of benzene rings is 4. The lowest BCUT2D eigenvalue weighted by atomic mass is 9.77. The Morgan fingerprint density at radius 1 is 0.656 bits per heavy atom. The van der Waals surface area contributed by atoms with Crippen molar-refractivity contribution in [3.8, 4) is 5.69 Å². The summed E-state index contributed by atoms with van der Waals surface area (Å²) in [5, 5.41) is 4.68. The second-order valence-corrected chi connectivity index (χ2v) is 8.40. The molecule has 32 heavy (non-hydrogen) atoms. The SMILES string of the molecule is O=c1n(-c2cccc(Br)c2)cnn1C(c1ccccc1)(c1ccccc1)c1ccccc1. The van der Waals surface area contributed by atoms with Crippen LogP contribution in [0.25, 0.3) is 5.69 Å². The molecule has 0 N–H and O–H groups in total. The molecule has 4 nitrogen and oxygen atoms in total. The smallest absolute Gasteiger partial charge is 0.250 e. The maximum Gasteiger partial charge on any atom is 0.351 e. The zero-order valence-corrected chi connectivity index (χ0v) is 18.8. The van der Waals surface area contributed by atoms with Gasteiger partial charge >= 0.3 is 5.69 Å². The van der Waals surface area contributed by atoms with Crippen LogP contribution in [0, 0.1) is 0 Å². The Morgan fingerprint density at radius 3 is 1.62 bits per heavy atom. The van der Waals surface area contributed by atoms with Gasteiger partial charge in [0.1, 0.15) is 11.9 Å². The quantitative estimate of drug-likeness (QED) is 0.305. The highest BCUT2D eigenvalue weighted by Crippen LogP contribution is 2.39. The Kier molecular flexibility index (Phi) is 5.33. The van der Waals surface area contributed by atoms with Gasteiger partial charge in [0.05, 0.1) is 5.69 Å². The van der Waals surface area contributed by atoms with Crippen LogP contribution < -0.4 is 5.69 Å². The van der Waals surface area contributed by atoms with Crippen molar-refractivity contribution in [3.05, 3.63) is 153 Å². The van der Waals surface area contributed by atoms with Crippen molar-refractivity contribution in [2.24, 2.45) is 0 Å². The van der Waals surface area contributed by atoms with Crippen molar-refractivity contribution >= 4 is 15.9 Å². The number of nitrogens with zero attached hydrogens (tertiary/aromatic N) is 3. The summed E-state index contributed by atoms with van der Waals surface area (Å²) in [4.78, 5) is 13.9. The molecule has 0 fully saturated rings. The van der Waals surface area contributed by atoms with Gasteiger partial charge in [0, 0.05) is 4.47 Å². The highest BCUT2D eigenvalue weighted by atomic mass is 79.9. The molecule has 0 aliphatic rings. The van der Waals surface area contributed by atoms with E-state index in [2.05, 4.69) is 21.0 Å². The van der Waals surface area contributed by atoms with Crippen molar-refractivity contribution in [3.63, 3.8) is 0 Å². The summed E-state index contributed by atoms with van der Waals surface area (Å²) < 4.78 is 4.07. The molecule has 0 aliphatic carbocycles. The topological polar surface area (TPSA) is 39.8 Å². The Balaban J connectivity index is 1.87. The predicted molar refractivity (Wildman–Crippen MR) is 130 cm³/mol. The largest absolute Gasteiger partial charge is 0.351 e. The molecule has 0 aliphatic heterocycles. The van der Waals surface area contributed by atoms with E-state index < -0.39 is 5.54 Å². The maximum atomic E-state index is 13.9. The Hall–Kier alpha value is -3.70. The second-order valence-electron chi connectivity index (χ2n) is 7.48. The number of aromatic nitrogens is 3. The molecule has 0 bridgehead atoms. The lowest BCUT2D eigenvalue weighted by Gasteiger charge is -2.35.